The van der Waals surface area contributed by atoms with Crippen LogP contribution in [0.15, 0.2) is 54.9 Å². The SMILES string of the molecule is Cc1cc(Nc2ccccc2Cl)nc(N(C)CCc2ccncc2)n1. The molecule has 0 fully saturated rings. The maximum atomic E-state index is 6.21. The van der Waals surface area contributed by atoms with Crippen molar-refractivity contribution >= 4 is 29.1 Å². The minimum atomic E-state index is 0.659. The minimum absolute atomic E-state index is 0.659. The first kappa shape index (κ1) is 17.2. The molecule has 1 aromatic carbocycles. The highest BCUT2D eigenvalue weighted by atomic mass is 35.5. The molecule has 2 aromatic heterocycles. The summed E-state index contributed by atoms with van der Waals surface area (Å²) in [5, 5.41) is 3.92. The van der Waals surface area contributed by atoms with Crippen LogP contribution in [0, 0.1) is 6.92 Å². The van der Waals surface area contributed by atoms with Gasteiger partial charge in [0, 0.05) is 37.7 Å². The first-order valence-corrected chi connectivity index (χ1v) is 8.47. The Morgan fingerprint density at radius 3 is 2.60 bits per heavy atom. The highest BCUT2D eigenvalue weighted by molar-refractivity contribution is 6.33. The van der Waals surface area contributed by atoms with Gasteiger partial charge in [-0.25, -0.2) is 4.98 Å². The van der Waals surface area contributed by atoms with E-state index in [0.29, 0.717) is 11.0 Å². The van der Waals surface area contributed by atoms with Crippen molar-refractivity contribution in [2.45, 2.75) is 13.3 Å². The van der Waals surface area contributed by atoms with Gasteiger partial charge in [-0.05, 0) is 43.2 Å². The van der Waals surface area contributed by atoms with E-state index in [-0.39, 0.29) is 0 Å². The van der Waals surface area contributed by atoms with Gasteiger partial charge in [-0.3, -0.25) is 4.98 Å². The number of benzene rings is 1. The first-order chi connectivity index (χ1) is 12.1. The van der Waals surface area contributed by atoms with Crippen LogP contribution in [-0.2, 0) is 6.42 Å². The quantitative estimate of drug-likeness (QED) is 0.717. The van der Waals surface area contributed by atoms with Crippen molar-refractivity contribution in [3.8, 4) is 0 Å². The van der Waals surface area contributed by atoms with Crippen LogP contribution in [0.5, 0.6) is 0 Å². The average Bonchev–Trinajstić information content (AvgIpc) is 2.62. The van der Waals surface area contributed by atoms with Crippen LogP contribution < -0.4 is 10.2 Å². The van der Waals surface area contributed by atoms with Crippen LogP contribution >= 0.6 is 11.6 Å². The number of halogens is 1. The number of aryl methyl sites for hydroxylation is 1. The number of aromatic nitrogens is 3. The number of para-hydroxylation sites is 1. The molecule has 25 heavy (non-hydrogen) atoms. The van der Waals surface area contributed by atoms with Gasteiger partial charge in [0.05, 0.1) is 10.7 Å². The number of likely N-dealkylation sites (N-methyl/N-ethyl adjacent to an activating group) is 1. The van der Waals surface area contributed by atoms with Gasteiger partial charge in [0.25, 0.3) is 0 Å². The molecule has 0 atom stereocenters. The summed E-state index contributed by atoms with van der Waals surface area (Å²) in [6.45, 7) is 2.78. The van der Waals surface area contributed by atoms with Crippen LogP contribution in [0.4, 0.5) is 17.5 Å². The second kappa shape index (κ2) is 7.94. The normalized spacial score (nSPS) is 10.5. The highest BCUT2D eigenvalue weighted by Gasteiger charge is 2.09. The summed E-state index contributed by atoms with van der Waals surface area (Å²) in [5.41, 5.74) is 2.96. The van der Waals surface area contributed by atoms with Gasteiger partial charge in [0.2, 0.25) is 5.95 Å². The van der Waals surface area contributed by atoms with Crippen molar-refractivity contribution < 1.29 is 0 Å². The molecule has 3 rings (SSSR count). The molecule has 0 saturated carbocycles. The van der Waals surface area contributed by atoms with Gasteiger partial charge in [-0.15, -0.1) is 0 Å². The molecule has 0 aliphatic rings. The molecule has 0 radical (unpaired) electrons. The fourth-order valence-electron chi connectivity index (χ4n) is 2.43. The fraction of sp³-hybridized carbons (Fsp3) is 0.211. The molecule has 0 bridgehead atoms. The number of nitrogens with one attached hydrogen (secondary N) is 1. The topological polar surface area (TPSA) is 53.9 Å². The second-order valence-corrected chi connectivity index (χ2v) is 6.23. The summed E-state index contributed by atoms with van der Waals surface area (Å²) >= 11 is 6.21. The Bertz CT molecular complexity index is 838. The third-order valence-electron chi connectivity index (χ3n) is 3.81. The van der Waals surface area contributed by atoms with Crippen molar-refractivity contribution in [1.29, 1.82) is 0 Å². The predicted molar refractivity (Wildman–Crippen MR) is 103 cm³/mol. The zero-order valence-corrected chi connectivity index (χ0v) is 15.0. The summed E-state index contributed by atoms with van der Waals surface area (Å²) in [6, 6.07) is 13.6. The summed E-state index contributed by atoms with van der Waals surface area (Å²) in [5.74, 6) is 1.41. The van der Waals surface area contributed by atoms with Crippen LogP contribution in [0.25, 0.3) is 0 Å². The molecule has 1 N–H and O–H groups in total. The van der Waals surface area contributed by atoms with E-state index in [9.17, 15) is 0 Å². The lowest BCUT2D eigenvalue weighted by Gasteiger charge is -2.18. The summed E-state index contributed by atoms with van der Waals surface area (Å²) in [7, 11) is 2.00. The Balaban J connectivity index is 1.73. The number of rotatable bonds is 6. The van der Waals surface area contributed by atoms with E-state index in [0.717, 1.165) is 30.2 Å². The summed E-state index contributed by atoms with van der Waals surface area (Å²) in [6.07, 6.45) is 4.53. The van der Waals surface area contributed by atoms with E-state index in [4.69, 9.17) is 11.6 Å². The Hall–Kier alpha value is -2.66. The van der Waals surface area contributed by atoms with Crippen LogP contribution in [0.1, 0.15) is 11.3 Å². The molecular weight excluding hydrogens is 334 g/mol. The largest absolute Gasteiger partial charge is 0.343 e. The van der Waals surface area contributed by atoms with E-state index in [2.05, 4.69) is 20.3 Å². The van der Waals surface area contributed by atoms with Crippen molar-refractivity contribution in [2.75, 3.05) is 23.8 Å². The van der Waals surface area contributed by atoms with E-state index in [1.165, 1.54) is 5.56 Å². The van der Waals surface area contributed by atoms with Crippen LogP contribution in [0.2, 0.25) is 5.02 Å². The molecule has 0 aliphatic carbocycles. The molecule has 0 amide bonds. The first-order valence-electron chi connectivity index (χ1n) is 8.09. The number of hydrogen-bond donors (Lipinski definition) is 1. The van der Waals surface area contributed by atoms with Crippen LogP contribution in [0.3, 0.4) is 0 Å². The second-order valence-electron chi connectivity index (χ2n) is 5.83. The number of pyridine rings is 1. The Morgan fingerprint density at radius 1 is 1.08 bits per heavy atom. The molecule has 2 heterocycles. The predicted octanol–water partition coefficient (Wildman–Crippen LogP) is 4.26. The van der Waals surface area contributed by atoms with Gasteiger partial charge in [0.1, 0.15) is 5.82 Å². The van der Waals surface area contributed by atoms with Crippen molar-refractivity contribution in [3.05, 3.63) is 71.1 Å². The number of hydrogen-bond acceptors (Lipinski definition) is 5. The van der Waals surface area contributed by atoms with Gasteiger partial charge in [-0.1, -0.05) is 23.7 Å². The Morgan fingerprint density at radius 2 is 1.84 bits per heavy atom. The van der Waals surface area contributed by atoms with E-state index in [1.54, 1.807) is 0 Å². The summed E-state index contributed by atoms with van der Waals surface area (Å²) < 4.78 is 0. The standard InChI is InChI=1S/C19H20ClN5/c1-14-13-18(23-17-6-4-3-5-16(17)20)24-19(22-14)25(2)12-9-15-7-10-21-11-8-15/h3-8,10-11,13H,9,12H2,1-2H3,(H,22,23,24). The molecule has 3 aromatic rings. The molecule has 128 valence electrons. The number of nitrogens with zero attached hydrogens (tertiary/aromatic N) is 4. The monoisotopic (exact) mass is 353 g/mol. The maximum Gasteiger partial charge on any atom is 0.227 e. The van der Waals surface area contributed by atoms with Gasteiger partial charge in [-0.2, -0.15) is 4.98 Å². The lowest BCUT2D eigenvalue weighted by molar-refractivity contribution is 0.833. The lowest BCUT2D eigenvalue weighted by atomic mass is 10.2. The lowest BCUT2D eigenvalue weighted by Crippen LogP contribution is -2.23. The Labute approximate surface area is 152 Å². The molecule has 6 heteroatoms. The molecule has 0 saturated heterocycles. The molecule has 0 aliphatic heterocycles. The molecular formula is C19H20ClN5. The zero-order valence-electron chi connectivity index (χ0n) is 14.3. The summed E-state index contributed by atoms with van der Waals surface area (Å²) in [4.78, 5) is 15.2. The molecule has 5 nitrogen and oxygen atoms in total. The number of anilines is 3. The third-order valence-corrected chi connectivity index (χ3v) is 4.14. The van der Waals surface area contributed by atoms with Gasteiger partial charge < -0.3 is 10.2 Å². The van der Waals surface area contributed by atoms with Crippen LogP contribution in [-0.4, -0.2) is 28.5 Å². The zero-order chi connectivity index (χ0) is 17.6. The smallest absolute Gasteiger partial charge is 0.227 e. The molecule has 0 spiro atoms. The van der Waals surface area contributed by atoms with Gasteiger partial charge >= 0.3 is 0 Å². The van der Waals surface area contributed by atoms with Crippen molar-refractivity contribution in [1.82, 2.24) is 15.0 Å². The minimum Gasteiger partial charge on any atom is -0.343 e. The third kappa shape index (κ3) is 4.67. The van der Waals surface area contributed by atoms with Crippen molar-refractivity contribution in [3.63, 3.8) is 0 Å². The van der Waals surface area contributed by atoms with E-state index >= 15 is 0 Å². The van der Waals surface area contributed by atoms with E-state index < -0.39 is 0 Å². The van der Waals surface area contributed by atoms with Crippen molar-refractivity contribution in [2.24, 2.45) is 0 Å². The van der Waals surface area contributed by atoms with E-state index in [1.807, 2.05) is 73.7 Å². The Kier molecular flexibility index (Phi) is 5.46. The average molecular weight is 354 g/mol. The van der Waals surface area contributed by atoms with Gasteiger partial charge in [0.15, 0.2) is 0 Å². The maximum absolute atomic E-state index is 6.21. The highest BCUT2D eigenvalue weighted by Crippen LogP contribution is 2.25. The molecule has 0 unspecified atom stereocenters. The fourth-order valence-corrected chi connectivity index (χ4v) is 2.62.